The van der Waals surface area contributed by atoms with E-state index in [1.54, 1.807) is 12.1 Å². The highest BCUT2D eigenvalue weighted by Crippen LogP contribution is 2.29. The third-order valence-corrected chi connectivity index (χ3v) is 5.01. The van der Waals surface area contributed by atoms with Gasteiger partial charge in [-0.3, -0.25) is 9.10 Å². The maximum absolute atomic E-state index is 12.1. The quantitative estimate of drug-likeness (QED) is 0.719. The van der Waals surface area contributed by atoms with Crippen molar-refractivity contribution in [2.24, 2.45) is 0 Å². The van der Waals surface area contributed by atoms with E-state index in [4.69, 9.17) is 0 Å². The Hall–Kier alpha value is -1.81. The minimum Gasteiger partial charge on any atom is -0.372 e. The topological polar surface area (TPSA) is 75.7 Å². The fraction of sp³-hybridized carbons (Fsp3) is 0.562. The number of fused-ring (bicyclic) bond motifs is 1. The van der Waals surface area contributed by atoms with E-state index in [-0.39, 0.29) is 25.5 Å². The molecule has 1 N–H and O–H groups in total. The molecular weight excluding hydrogens is 373 g/mol. The summed E-state index contributed by atoms with van der Waals surface area (Å²) in [5, 5.41) is 2.61. The summed E-state index contributed by atoms with van der Waals surface area (Å²) in [5.41, 5.74) is 1.74. The number of hydrogen-bond donors (Lipinski definition) is 1. The van der Waals surface area contributed by atoms with Gasteiger partial charge in [-0.05, 0) is 43.0 Å². The molecule has 0 fully saturated rings. The van der Waals surface area contributed by atoms with E-state index in [1.807, 2.05) is 0 Å². The van der Waals surface area contributed by atoms with E-state index in [0.29, 0.717) is 30.6 Å². The lowest BCUT2D eigenvalue weighted by molar-refractivity contribution is -0.173. The van der Waals surface area contributed by atoms with E-state index in [2.05, 4.69) is 10.1 Å². The van der Waals surface area contributed by atoms with Gasteiger partial charge in [0.1, 0.15) is 6.61 Å². The number of aryl methyl sites for hydroxylation is 1. The van der Waals surface area contributed by atoms with E-state index in [0.717, 1.165) is 11.8 Å². The highest BCUT2D eigenvalue weighted by molar-refractivity contribution is 7.92. The van der Waals surface area contributed by atoms with E-state index < -0.39 is 22.8 Å². The average Bonchev–Trinajstić information content (AvgIpc) is 2.54. The number of nitrogens with zero attached hydrogens (tertiary/aromatic N) is 1. The second-order valence-electron chi connectivity index (χ2n) is 6.06. The van der Waals surface area contributed by atoms with Gasteiger partial charge in [0, 0.05) is 25.3 Å². The fourth-order valence-electron chi connectivity index (χ4n) is 2.71. The zero-order chi connectivity index (χ0) is 19.4. The summed E-state index contributed by atoms with van der Waals surface area (Å²) in [6.45, 7) is -0.811. The highest BCUT2D eigenvalue weighted by Gasteiger charge is 2.27. The minimum absolute atomic E-state index is 0.104. The average molecular weight is 394 g/mol. The Morgan fingerprint density at radius 2 is 2.08 bits per heavy atom. The van der Waals surface area contributed by atoms with Gasteiger partial charge in [-0.25, -0.2) is 8.42 Å². The number of amides is 1. The Kier molecular flexibility index (Phi) is 6.51. The smallest absolute Gasteiger partial charge is 0.372 e. The van der Waals surface area contributed by atoms with E-state index in [9.17, 15) is 26.4 Å². The van der Waals surface area contributed by atoms with Crippen molar-refractivity contribution in [2.75, 3.05) is 36.9 Å². The van der Waals surface area contributed by atoms with Gasteiger partial charge in [0.05, 0.1) is 11.9 Å². The van der Waals surface area contributed by atoms with Crippen molar-refractivity contribution in [2.45, 2.75) is 25.4 Å². The van der Waals surface area contributed by atoms with Crippen LogP contribution in [0.1, 0.15) is 28.8 Å². The zero-order valence-electron chi connectivity index (χ0n) is 14.3. The molecule has 0 aromatic heterocycles. The third kappa shape index (κ3) is 5.87. The zero-order valence-corrected chi connectivity index (χ0v) is 15.1. The molecule has 0 saturated carbocycles. The molecule has 0 spiro atoms. The standard InChI is InChI=1S/C16H21F3N2O4S/c1-26(23,24)21-8-2-4-12-10-13(5-6-14(12)21)15(22)20-7-3-9-25-11-16(17,18)19/h5-6,10H,2-4,7-9,11H2,1H3,(H,20,22). The number of ether oxygens (including phenoxy) is 1. The maximum atomic E-state index is 12.1. The van der Waals surface area contributed by atoms with Crippen molar-refractivity contribution >= 4 is 21.6 Å². The molecule has 1 heterocycles. The molecule has 1 aromatic rings. The largest absolute Gasteiger partial charge is 0.411 e. The number of alkyl halides is 3. The molecule has 0 atom stereocenters. The predicted octanol–water partition coefficient (Wildman–Crippen LogP) is 2.10. The molecule has 1 amide bonds. The Morgan fingerprint density at radius 3 is 2.73 bits per heavy atom. The van der Waals surface area contributed by atoms with Crippen LogP contribution in [0.3, 0.4) is 0 Å². The summed E-state index contributed by atoms with van der Waals surface area (Å²) in [6.07, 6.45) is -1.61. The van der Waals surface area contributed by atoms with Crippen LogP contribution in [0.25, 0.3) is 0 Å². The first-order valence-electron chi connectivity index (χ1n) is 8.11. The van der Waals surface area contributed by atoms with Gasteiger partial charge in [-0.15, -0.1) is 0 Å². The Bertz CT molecular complexity index is 750. The predicted molar refractivity (Wildman–Crippen MR) is 90.8 cm³/mol. The van der Waals surface area contributed by atoms with Crippen LogP contribution in [-0.2, 0) is 21.2 Å². The summed E-state index contributed by atoms with van der Waals surface area (Å²) < 4.78 is 65.2. The lowest BCUT2D eigenvalue weighted by atomic mass is 10.0. The number of carbonyl (C=O) groups excluding carboxylic acids is 1. The Labute approximate surface area is 150 Å². The van der Waals surface area contributed by atoms with Gasteiger partial charge >= 0.3 is 6.18 Å². The molecule has 0 unspecified atom stereocenters. The number of sulfonamides is 1. The van der Waals surface area contributed by atoms with Crippen molar-refractivity contribution in [3.8, 4) is 0 Å². The van der Waals surface area contributed by atoms with Crippen LogP contribution in [-0.4, -0.2) is 53.1 Å². The first-order valence-corrected chi connectivity index (χ1v) is 9.96. The summed E-state index contributed by atoms with van der Waals surface area (Å²) >= 11 is 0. The summed E-state index contributed by atoms with van der Waals surface area (Å²) in [5.74, 6) is -0.361. The molecule has 6 nitrogen and oxygen atoms in total. The van der Waals surface area contributed by atoms with Crippen LogP contribution >= 0.6 is 0 Å². The van der Waals surface area contributed by atoms with Crippen molar-refractivity contribution < 1.29 is 31.1 Å². The number of halogens is 3. The monoisotopic (exact) mass is 394 g/mol. The molecule has 1 aromatic carbocycles. The van der Waals surface area contributed by atoms with Crippen LogP contribution in [0.15, 0.2) is 18.2 Å². The van der Waals surface area contributed by atoms with Gasteiger partial charge in [0.2, 0.25) is 10.0 Å². The van der Waals surface area contributed by atoms with Crippen LogP contribution < -0.4 is 9.62 Å². The molecule has 2 rings (SSSR count). The van der Waals surface area contributed by atoms with Crippen LogP contribution in [0.2, 0.25) is 0 Å². The number of carbonyl (C=O) groups is 1. The van der Waals surface area contributed by atoms with Crippen molar-refractivity contribution in [3.05, 3.63) is 29.3 Å². The van der Waals surface area contributed by atoms with Crippen LogP contribution in [0.4, 0.5) is 18.9 Å². The maximum Gasteiger partial charge on any atom is 0.411 e. The molecule has 0 saturated heterocycles. The molecular formula is C16H21F3N2O4S. The number of anilines is 1. The number of benzene rings is 1. The van der Waals surface area contributed by atoms with Crippen molar-refractivity contribution in [1.29, 1.82) is 0 Å². The summed E-state index contributed by atoms with van der Waals surface area (Å²) in [4.78, 5) is 12.1. The first-order chi connectivity index (χ1) is 12.1. The SMILES string of the molecule is CS(=O)(=O)N1CCCc2cc(C(=O)NCCCOCC(F)(F)F)ccc21. The van der Waals surface area contributed by atoms with Crippen molar-refractivity contribution in [1.82, 2.24) is 5.32 Å². The highest BCUT2D eigenvalue weighted by atomic mass is 32.2. The van der Waals surface area contributed by atoms with Gasteiger partial charge < -0.3 is 10.1 Å². The minimum atomic E-state index is -4.35. The second-order valence-corrected chi connectivity index (χ2v) is 7.97. The summed E-state index contributed by atoms with van der Waals surface area (Å²) in [7, 11) is -3.37. The van der Waals surface area contributed by atoms with E-state index in [1.165, 1.54) is 10.4 Å². The lowest BCUT2D eigenvalue weighted by Crippen LogP contribution is -2.34. The second kappa shape index (κ2) is 8.26. The normalized spacial score (nSPS) is 14.8. The fourth-order valence-corrected chi connectivity index (χ4v) is 3.71. The third-order valence-electron chi connectivity index (χ3n) is 3.83. The Balaban J connectivity index is 1.89. The molecule has 0 bridgehead atoms. The van der Waals surface area contributed by atoms with E-state index >= 15 is 0 Å². The van der Waals surface area contributed by atoms with Gasteiger partial charge in [0.25, 0.3) is 5.91 Å². The molecule has 146 valence electrons. The van der Waals surface area contributed by atoms with Crippen molar-refractivity contribution in [3.63, 3.8) is 0 Å². The van der Waals surface area contributed by atoms with Crippen LogP contribution in [0, 0.1) is 0 Å². The summed E-state index contributed by atoms with van der Waals surface area (Å²) in [6, 6.07) is 4.80. The Morgan fingerprint density at radius 1 is 1.35 bits per heavy atom. The van der Waals surface area contributed by atoms with Gasteiger partial charge in [-0.2, -0.15) is 13.2 Å². The molecule has 1 aliphatic heterocycles. The van der Waals surface area contributed by atoms with Gasteiger partial charge in [-0.1, -0.05) is 0 Å². The number of rotatable bonds is 7. The molecule has 10 heteroatoms. The molecule has 0 aliphatic carbocycles. The first kappa shape index (κ1) is 20.5. The number of nitrogens with one attached hydrogen (secondary N) is 1. The lowest BCUT2D eigenvalue weighted by Gasteiger charge is -2.29. The van der Waals surface area contributed by atoms with Gasteiger partial charge in [0.15, 0.2) is 0 Å². The molecule has 26 heavy (non-hydrogen) atoms. The molecule has 1 aliphatic rings. The number of hydrogen-bond acceptors (Lipinski definition) is 4. The van der Waals surface area contributed by atoms with Crippen LogP contribution in [0.5, 0.6) is 0 Å². The molecule has 0 radical (unpaired) electrons.